The van der Waals surface area contributed by atoms with E-state index in [0.717, 1.165) is 29.2 Å². The third-order valence-corrected chi connectivity index (χ3v) is 5.73. The van der Waals surface area contributed by atoms with Gasteiger partial charge in [-0.25, -0.2) is 0 Å². The molecule has 24 heavy (non-hydrogen) atoms. The molecule has 3 N–H and O–H groups in total. The Bertz CT molecular complexity index is 853. The number of carbonyl (C=O) groups is 1. The average Bonchev–Trinajstić information content (AvgIpc) is 3.09. The van der Waals surface area contributed by atoms with Gasteiger partial charge < -0.3 is 15.6 Å². The van der Waals surface area contributed by atoms with Gasteiger partial charge in [-0.05, 0) is 42.9 Å². The number of pyridine rings is 1. The van der Waals surface area contributed by atoms with E-state index in [0.29, 0.717) is 29.5 Å². The number of carbonyl (C=O) groups excluding carboxylic acids is 1. The van der Waals surface area contributed by atoms with Crippen molar-refractivity contribution in [2.24, 2.45) is 17.6 Å². The molecular weight excluding hydrogens is 394 g/mol. The van der Waals surface area contributed by atoms with E-state index < -0.39 is 0 Å². The number of fused-ring (bicyclic) bond motifs is 2. The highest BCUT2D eigenvalue weighted by Crippen LogP contribution is 2.37. The lowest BCUT2D eigenvalue weighted by Gasteiger charge is -2.19. The van der Waals surface area contributed by atoms with Crippen molar-refractivity contribution in [1.82, 2.24) is 9.88 Å². The number of H-pyrrole nitrogens is 1. The molecule has 2 aromatic rings. The predicted octanol–water partition coefficient (Wildman–Crippen LogP) is 2.52. The second kappa shape index (κ2) is 6.50. The summed E-state index contributed by atoms with van der Waals surface area (Å²) in [6.45, 7) is 1.45. The van der Waals surface area contributed by atoms with Crippen molar-refractivity contribution in [2.75, 3.05) is 13.1 Å². The summed E-state index contributed by atoms with van der Waals surface area (Å²) in [5, 5.41) is 0.769. The van der Waals surface area contributed by atoms with Crippen molar-refractivity contribution < 1.29 is 4.79 Å². The minimum Gasteiger partial charge on any atom is -0.338 e. The van der Waals surface area contributed by atoms with Crippen LogP contribution in [-0.4, -0.2) is 34.9 Å². The lowest BCUT2D eigenvalue weighted by Crippen LogP contribution is -2.34. The van der Waals surface area contributed by atoms with E-state index in [4.69, 9.17) is 5.73 Å². The molecule has 3 unspecified atom stereocenters. The molecule has 0 bridgehead atoms. The van der Waals surface area contributed by atoms with E-state index in [1.807, 2.05) is 23.1 Å². The fourth-order valence-electron chi connectivity index (χ4n) is 4.05. The fourth-order valence-corrected chi connectivity index (χ4v) is 4.41. The topological polar surface area (TPSA) is 79.2 Å². The summed E-state index contributed by atoms with van der Waals surface area (Å²) in [6, 6.07) is 7.15. The molecule has 5 nitrogen and oxygen atoms in total. The molecule has 1 aliphatic carbocycles. The van der Waals surface area contributed by atoms with Gasteiger partial charge in [0.15, 0.2) is 0 Å². The Morgan fingerprint density at radius 1 is 1.25 bits per heavy atom. The Morgan fingerprint density at radius 2 is 2.04 bits per heavy atom. The van der Waals surface area contributed by atoms with Crippen LogP contribution in [0.25, 0.3) is 10.9 Å². The molecule has 1 aromatic heterocycles. The zero-order valence-electron chi connectivity index (χ0n) is 13.0. The van der Waals surface area contributed by atoms with Crippen LogP contribution in [0.2, 0.25) is 0 Å². The quantitative estimate of drug-likeness (QED) is 0.755. The second-order valence-electron chi connectivity index (χ2n) is 6.61. The van der Waals surface area contributed by atoms with Gasteiger partial charge in [-0.2, -0.15) is 0 Å². The van der Waals surface area contributed by atoms with Crippen LogP contribution < -0.4 is 11.3 Å². The second-order valence-corrected chi connectivity index (χ2v) is 7.53. The number of nitrogens with two attached hydrogens (primary N) is 1. The third kappa shape index (κ3) is 2.87. The number of hydrogen-bond donors (Lipinski definition) is 2. The maximum absolute atomic E-state index is 13.0. The molecule has 2 heterocycles. The van der Waals surface area contributed by atoms with E-state index in [-0.39, 0.29) is 29.9 Å². The van der Waals surface area contributed by atoms with Crippen molar-refractivity contribution in [2.45, 2.75) is 18.9 Å². The van der Waals surface area contributed by atoms with Crippen molar-refractivity contribution in [3.63, 3.8) is 0 Å². The van der Waals surface area contributed by atoms with E-state index in [1.54, 1.807) is 0 Å². The number of rotatable bonds is 1. The Kier molecular flexibility index (Phi) is 4.73. The molecule has 4 rings (SSSR count). The average molecular weight is 413 g/mol. The Labute approximate surface area is 154 Å². The maximum Gasteiger partial charge on any atom is 0.254 e. The Hall–Kier alpha value is -1.37. The molecule has 3 atom stereocenters. The molecule has 0 spiro atoms. The minimum atomic E-state index is -0.251. The first-order valence-electron chi connectivity index (χ1n) is 7.90. The van der Waals surface area contributed by atoms with Crippen LogP contribution in [-0.2, 0) is 0 Å². The number of benzene rings is 1. The van der Waals surface area contributed by atoms with E-state index in [2.05, 4.69) is 20.9 Å². The monoisotopic (exact) mass is 411 g/mol. The molecular formula is C17H19BrClN3O2. The van der Waals surface area contributed by atoms with Crippen LogP contribution >= 0.6 is 28.3 Å². The zero-order chi connectivity index (χ0) is 16.1. The van der Waals surface area contributed by atoms with E-state index >= 15 is 0 Å². The number of nitrogens with zero attached hydrogens (tertiary/aromatic N) is 1. The summed E-state index contributed by atoms with van der Waals surface area (Å²) in [5.74, 6) is 0.841. The van der Waals surface area contributed by atoms with Gasteiger partial charge in [0.2, 0.25) is 5.56 Å². The summed E-state index contributed by atoms with van der Waals surface area (Å²) in [4.78, 5) is 29.5. The van der Waals surface area contributed by atoms with Gasteiger partial charge in [0.05, 0.1) is 5.56 Å². The lowest BCUT2D eigenvalue weighted by molar-refractivity contribution is 0.0781. The van der Waals surface area contributed by atoms with Crippen LogP contribution in [0.5, 0.6) is 0 Å². The first-order chi connectivity index (χ1) is 11.0. The van der Waals surface area contributed by atoms with Gasteiger partial charge >= 0.3 is 0 Å². The van der Waals surface area contributed by atoms with Crippen LogP contribution in [0.3, 0.4) is 0 Å². The number of aromatic amines is 1. The largest absolute Gasteiger partial charge is 0.338 e. The number of aromatic nitrogens is 1. The predicted molar refractivity (Wildman–Crippen MR) is 99.6 cm³/mol. The summed E-state index contributed by atoms with van der Waals surface area (Å²) in [5.41, 5.74) is 7.06. The summed E-state index contributed by atoms with van der Waals surface area (Å²) < 4.78 is 0.881. The number of amides is 1. The molecule has 7 heteroatoms. The summed E-state index contributed by atoms with van der Waals surface area (Å²) >= 11 is 3.43. The Balaban J connectivity index is 0.00000169. The smallest absolute Gasteiger partial charge is 0.254 e. The number of halogens is 2. The van der Waals surface area contributed by atoms with Crippen molar-refractivity contribution in [1.29, 1.82) is 0 Å². The van der Waals surface area contributed by atoms with Gasteiger partial charge in [0.25, 0.3) is 5.91 Å². The molecule has 1 aromatic carbocycles. The summed E-state index contributed by atoms with van der Waals surface area (Å²) in [7, 11) is 0. The molecule has 0 radical (unpaired) electrons. The highest BCUT2D eigenvalue weighted by atomic mass is 79.9. The fraction of sp³-hybridized carbons (Fsp3) is 0.412. The minimum absolute atomic E-state index is 0. The number of hydrogen-bond acceptors (Lipinski definition) is 3. The lowest BCUT2D eigenvalue weighted by atomic mass is 9.98. The van der Waals surface area contributed by atoms with E-state index in [9.17, 15) is 9.59 Å². The van der Waals surface area contributed by atoms with Crippen LogP contribution in [0, 0.1) is 11.8 Å². The third-order valence-electron chi connectivity index (χ3n) is 5.24. The van der Waals surface area contributed by atoms with E-state index in [1.165, 1.54) is 6.07 Å². The van der Waals surface area contributed by atoms with Crippen molar-refractivity contribution in [3.05, 3.63) is 44.7 Å². The molecule has 2 aliphatic rings. The number of nitrogens with one attached hydrogen (secondary N) is 1. The molecule has 1 saturated heterocycles. The highest BCUT2D eigenvalue weighted by Gasteiger charge is 2.42. The Morgan fingerprint density at radius 3 is 2.79 bits per heavy atom. The molecule has 2 fully saturated rings. The van der Waals surface area contributed by atoms with Gasteiger partial charge in [-0.1, -0.05) is 15.9 Å². The van der Waals surface area contributed by atoms with Crippen molar-refractivity contribution >= 4 is 45.1 Å². The van der Waals surface area contributed by atoms with Gasteiger partial charge in [-0.3, -0.25) is 9.59 Å². The summed E-state index contributed by atoms with van der Waals surface area (Å²) in [6.07, 6.45) is 2.15. The first-order valence-corrected chi connectivity index (χ1v) is 8.69. The van der Waals surface area contributed by atoms with Crippen LogP contribution in [0.4, 0.5) is 0 Å². The van der Waals surface area contributed by atoms with Gasteiger partial charge in [0.1, 0.15) is 0 Å². The standard InChI is InChI=1S/C17H18BrN3O2.ClH/c18-10-2-4-15-11(5-10)12(6-16(22)20-15)17(23)21-7-9-1-3-14(19)13(9)8-21;/h2,4-6,9,13-14H,1,3,7-8,19H2,(H,20,22);1H. The first kappa shape index (κ1) is 17.5. The van der Waals surface area contributed by atoms with Crippen molar-refractivity contribution in [3.8, 4) is 0 Å². The molecule has 128 valence electrons. The van der Waals surface area contributed by atoms with Gasteiger partial charge in [0, 0.05) is 40.6 Å². The SMILES string of the molecule is Cl.NC1CCC2CN(C(=O)c3cc(=O)[nH]c4ccc(Br)cc34)CC12. The number of likely N-dealkylation sites (tertiary alicyclic amines) is 1. The zero-order valence-corrected chi connectivity index (χ0v) is 15.4. The molecule has 1 aliphatic heterocycles. The van der Waals surface area contributed by atoms with Gasteiger partial charge in [-0.15, -0.1) is 12.4 Å². The van der Waals surface area contributed by atoms with Crippen LogP contribution in [0.1, 0.15) is 23.2 Å². The molecule has 1 saturated carbocycles. The maximum atomic E-state index is 13.0. The normalized spacial score (nSPS) is 25.6. The highest BCUT2D eigenvalue weighted by molar-refractivity contribution is 9.10. The van der Waals surface area contributed by atoms with Crippen LogP contribution in [0.15, 0.2) is 33.5 Å². The molecule has 1 amide bonds.